The first-order chi connectivity index (χ1) is 11.5. The first-order valence-corrected chi connectivity index (χ1v) is 8.36. The van der Waals surface area contributed by atoms with Crippen LogP contribution in [-0.4, -0.2) is 18.4 Å². The second kappa shape index (κ2) is 8.49. The summed E-state index contributed by atoms with van der Waals surface area (Å²) in [5.41, 5.74) is 2.16. The van der Waals surface area contributed by atoms with Gasteiger partial charge in [-0.3, -0.25) is 9.59 Å². The van der Waals surface area contributed by atoms with E-state index < -0.39 is 5.91 Å². The van der Waals surface area contributed by atoms with Gasteiger partial charge in [0.05, 0.1) is 12.3 Å². The van der Waals surface area contributed by atoms with Gasteiger partial charge in [-0.2, -0.15) is 0 Å². The van der Waals surface area contributed by atoms with E-state index in [4.69, 9.17) is 4.74 Å². The molecule has 0 aliphatic rings. The number of hydrogen-bond acceptors (Lipinski definition) is 3. The van der Waals surface area contributed by atoms with Crippen LogP contribution < -0.4 is 15.4 Å². The van der Waals surface area contributed by atoms with Crippen LogP contribution in [0.4, 0.5) is 11.4 Å². The van der Waals surface area contributed by atoms with Gasteiger partial charge in [0.2, 0.25) is 11.8 Å². The standard InChI is InChI=1S/C18H19BrN2O3/c1-3-24-16-7-5-4-6-15(16)21-18(23)11-17(22)20-14-9-8-13(19)10-12(14)2/h4-10H,3,11H2,1-2H3,(H,20,22)(H,21,23). The van der Waals surface area contributed by atoms with Crippen LogP contribution in [0.1, 0.15) is 18.9 Å². The molecule has 0 bridgehead atoms. The summed E-state index contributed by atoms with van der Waals surface area (Å²) in [6.45, 7) is 4.25. The lowest BCUT2D eigenvalue weighted by Gasteiger charge is -2.12. The summed E-state index contributed by atoms with van der Waals surface area (Å²) in [4.78, 5) is 24.1. The van der Waals surface area contributed by atoms with E-state index in [1.807, 2.05) is 32.0 Å². The highest BCUT2D eigenvalue weighted by Crippen LogP contribution is 2.24. The lowest BCUT2D eigenvalue weighted by atomic mass is 10.2. The van der Waals surface area contributed by atoms with Gasteiger partial charge in [0, 0.05) is 10.2 Å². The number of nitrogens with one attached hydrogen (secondary N) is 2. The van der Waals surface area contributed by atoms with E-state index in [1.54, 1.807) is 24.3 Å². The van der Waals surface area contributed by atoms with Gasteiger partial charge in [-0.25, -0.2) is 0 Å². The Hall–Kier alpha value is -2.34. The number of benzene rings is 2. The highest BCUT2D eigenvalue weighted by atomic mass is 79.9. The maximum atomic E-state index is 12.1. The highest BCUT2D eigenvalue weighted by molar-refractivity contribution is 9.10. The molecule has 5 nitrogen and oxygen atoms in total. The van der Waals surface area contributed by atoms with Crippen molar-refractivity contribution in [2.24, 2.45) is 0 Å². The molecule has 0 spiro atoms. The number of carbonyl (C=O) groups excluding carboxylic acids is 2. The molecule has 6 heteroatoms. The molecule has 2 amide bonds. The van der Waals surface area contributed by atoms with E-state index in [2.05, 4.69) is 26.6 Å². The quantitative estimate of drug-likeness (QED) is 0.728. The maximum Gasteiger partial charge on any atom is 0.233 e. The number of para-hydroxylation sites is 2. The van der Waals surface area contributed by atoms with Gasteiger partial charge in [-0.05, 0) is 49.7 Å². The van der Waals surface area contributed by atoms with Crippen LogP contribution in [0.15, 0.2) is 46.9 Å². The fourth-order valence-corrected chi connectivity index (χ4v) is 2.63. The number of carbonyl (C=O) groups is 2. The molecule has 0 radical (unpaired) electrons. The zero-order valence-corrected chi connectivity index (χ0v) is 15.1. The number of amides is 2. The summed E-state index contributed by atoms with van der Waals surface area (Å²) < 4.78 is 6.38. The van der Waals surface area contributed by atoms with E-state index in [9.17, 15) is 9.59 Å². The lowest BCUT2D eigenvalue weighted by molar-refractivity contribution is -0.123. The minimum atomic E-state index is -0.394. The number of anilines is 2. The fraction of sp³-hybridized carbons (Fsp3) is 0.222. The van der Waals surface area contributed by atoms with E-state index in [1.165, 1.54) is 0 Å². The number of ether oxygens (including phenoxy) is 1. The Balaban J connectivity index is 1.96. The Bertz CT molecular complexity index is 747. The molecule has 0 unspecified atom stereocenters. The summed E-state index contributed by atoms with van der Waals surface area (Å²) in [5, 5.41) is 5.45. The van der Waals surface area contributed by atoms with Crippen molar-refractivity contribution in [2.75, 3.05) is 17.2 Å². The molecular weight excluding hydrogens is 372 g/mol. The van der Waals surface area contributed by atoms with Crippen molar-refractivity contribution in [3.8, 4) is 5.75 Å². The normalized spacial score (nSPS) is 10.1. The first kappa shape index (κ1) is 18.0. The number of halogens is 1. The predicted molar refractivity (Wildman–Crippen MR) is 98.4 cm³/mol. The van der Waals surface area contributed by atoms with Crippen molar-refractivity contribution in [3.63, 3.8) is 0 Å². The third kappa shape index (κ3) is 5.09. The van der Waals surface area contributed by atoms with Crippen molar-refractivity contribution >= 4 is 39.1 Å². The molecule has 2 N–H and O–H groups in total. The van der Waals surface area contributed by atoms with Crippen LogP contribution in [0.2, 0.25) is 0 Å². The predicted octanol–water partition coefficient (Wildman–Crippen LogP) is 4.12. The van der Waals surface area contributed by atoms with Gasteiger partial charge in [0.25, 0.3) is 0 Å². The van der Waals surface area contributed by atoms with Crippen molar-refractivity contribution in [2.45, 2.75) is 20.3 Å². The maximum absolute atomic E-state index is 12.1. The van der Waals surface area contributed by atoms with Crippen molar-refractivity contribution in [1.29, 1.82) is 0 Å². The van der Waals surface area contributed by atoms with Crippen molar-refractivity contribution < 1.29 is 14.3 Å². The Kier molecular flexibility index (Phi) is 6.37. The molecule has 0 aromatic heterocycles. The summed E-state index contributed by atoms with van der Waals surface area (Å²) in [7, 11) is 0. The van der Waals surface area contributed by atoms with E-state index >= 15 is 0 Å². The van der Waals surface area contributed by atoms with Crippen LogP contribution in [-0.2, 0) is 9.59 Å². The average molecular weight is 391 g/mol. The van der Waals surface area contributed by atoms with Crippen molar-refractivity contribution in [1.82, 2.24) is 0 Å². The van der Waals surface area contributed by atoms with Crippen LogP contribution >= 0.6 is 15.9 Å². The fourth-order valence-electron chi connectivity index (χ4n) is 2.15. The van der Waals surface area contributed by atoms with Gasteiger partial charge in [0.15, 0.2) is 0 Å². The topological polar surface area (TPSA) is 67.4 Å². The number of rotatable bonds is 6. The highest BCUT2D eigenvalue weighted by Gasteiger charge is 2.13. The van der Waals surface area contributed by atoms with E-state index in [-0.39, 0.29) is 12.3 Å². The number of hydrogen-bond donors (Lipinski definition) is 2. The van der Waals surface area contributed by atoms with Gasteiger partial charge < -0.3 is 15.4 Å². The molecule has 0 atom stereocenters. The number of aryl methyl sites for hydroxylation is 1. The lowest BCUT2D eigenvalue weighted by Crippen LogP contribution is -2.22. The molecule has 0 fully saturated rings. The molecule has 126 valence electrons. The Labute approximate surface area is 149 Å². The summed E-state index contributed by atoms with van der Waals surface area (Å²) >= 11 is 3.37. The molecule has 0 aliphatic heterocycles. The molecule has 0 saturated carbocycles. The molecule has 24 heavy (non-hydrogen) atoms. The Morgan fingerprint density at radius 1 is 1.04 bits per heavy atom. The van der Waals surface area contributed by atoms with Crippen LogP contribution in [0.25, 0.3) is 0 Å². The van der Waals surface area contributed by atoms with Crippen LogP contribution in [0.3, 0.4) is 0 Å². The smallest absolute Gasteiger partial charge is 0.233 e. The zero-order chi connectivity index (χ0) is 17.5. The van der Waals surface area contributed by atoms with Gasteiger partial charge >= 0.3 is 0 Å². The third-order valence-electron chi connectivity index (χ3n) is 3.24. The SMILES string of the molecule is CCOc1ccccc1NC(=O)CC(=O)Nc1ccc(Br)cc1C. The third-order valence-corrected chi connectivity index (χ3v) is 3.74. The first-order valence-electron chi connectivity index (χ1n) is 7.57. The Morgan fingerprint density at radius 2 is 1.71 bits per heavy atom. The molecule has 0 heterocycles. The molecule has 0 aliphatic carbocycles. The summed E-state index contributed by atoms with van der Waals surface area (Å²) in [6, 6.07) is 12.6. The average Bonchev–Trinajstić information content (AvgIpc) is 2.52. The van der Waals surface area contributed by atoms with Gasteiger partial charge in [-0.1, -0.05) is 28.1 Å². The van der Waals surface area contributed by atoms with Crippen LogP contribution in [0, 0.1) is 6.92 Å². The zero-order valence-electron chi connectivity index (χ0n) is 13.6. The Morgan fingerprint density at radius 3 is 2.38 bits per heavy atom. The van der Waals surface area contributed by atoms with E-state index in [0.29, 0.717) is 23.7 Å². The minimum Gasteiger partial charge on any atom is -0.492 e. The van der Waals surface area contributed by atoms with E-state index in [0.717, 1.165) is 10.0 Å². The second-order valence-corrected chi connectivity index (χ2v) is 6.08. The van der Waals surface area contributed by atoms with Crippen molar-refractivity contribution in [3.05, 3.63) is 52.5 Å². The molecule has 2 rings (SSSR count). The molecule has 0 saturated heterocycles. The summed E-state index contributed by atoms with van der Waals surface area (Å²) in [6.07, 6.45) is -0.268. The minimum absolute atomic E-state index is 0.268. The molecule has 2 aromatic rings. The monoisotopic (exact) mass is 390 g/mol. The second-order valence-electron chi connectivity index (χ2n) is 5.16. The van der Waals surface area contributed by atoms with Gasteiger partial charge in [0.1, 0.15) is 12.2 Å². The summed E-state index contributed by atoms with van der Waals surface area (Å²) in [5.74, 6) is -0.182. The van der Waals surface area contributed by atoms with Gasteiger partial charge in [-0.15, -0.1) is 0 Å². The largest absolute Gasteiger partial charge is 0.492 e. The van der Waals surface area contributed by atoms with Crippen LogP contribution in [0.5, 0.6) is 5.75 Å². The molecular formula is C18H19BrN2O3. The molecule has 2 aromatic carbocycles.